The molecule has 0 aromatic carbocycles. The second-order valence-corrected chi connectivity index (χ2v) is 5.06. The highest BCUT2D eigenvalue weighted by Gasteiger charge is 2.27. The molecular formula is C14H20N2O2. The van der Waals surface area contributed by atoms with Crippen LogP contribution in [0.1, 0.15) is 31.2 Å². The molecule has 18 heavy (non-hydrogen) atoms. The molecule has 2 rings (SSSR count). The lowest BCUT2D eigenvalue weighted by Crippen LogP contribution is -2.35. The van der Waals surface area contributed by atoms with Crippen LogP contribution in [0.4, 0.5) is 0 Å². The average molecular weight is 248 g/mol. The maximum absolute atomic E-state index is 12.2. The van der Waals surface area contributed by atoms with Gasteiger partial charge in [0.25, 0.3) is 0 Å². The number of amides is 1. The molecule has 98 valence electrons. The van der Waals surface area contributed by atoms with Gasteiger partial charge in [-0.05, 0) is 37.3 Å². The average Bonchev–Trinajstić information content (AvgIpc) is 2.40. The lowest BCUT2D eigenvalue weighted by atomic mass is 9.86. The van der Waals surface area contributed by atoms with Gasteiger partial charge < -0.3 is 10.0 Å². The predicted octanol–water partition coefficient (Wildman–Crippen LogP) is 1.59. The van der Waals surface area contributed by atoms with Gasteiger partial charge in [0.15, 0.2) is 0 Å². The molecule has 0 radical (unpaired) electrons. The fourth-order valence-corrected chi connectivity index (χ4v) is 2.48. The maximum atomic E-state index is 12.2. The number of aliphatic hydroxyl groups is 1. The number of hydrogen-bond acceptors (Lipinski definition) is 3. The molecule has 0 spiro atoms. The highest BCUT2D eigenvalue weighted by molar-refractivity contribution is 5.78. The highest BCUT2D eigenvalue weighted by Crippen LogP contribution is 2.25. The molecule has 1 amide bonds. The van der Waals surface area contributed by atoms with E-state index in [1.54, 1.807) is 17.3 Å². The van der Waals surface area contributed by atoms with Crippen LogP contribution in [0.5, 0.6) is 0 Å². The lowest BCUT2D eigenvalue weighted by Gasteiger charge is -2.28. The quantitative estimate of drug-likeness (QED) is 0.883. The van der Waals surface area contributed by atoms with Crippen LogP contribution in [0.2, 0.25) is 0 Å². The van der Waals surface area contributed by atoms with E-state index >= 15 is 0 Å². The molecule has 1 aromatic rings. The minimum atomic E-state index is -0.210. The molecule has 1 N–H and O–H groups in total. The highest BCUT2D eigenvalue weighted by atomic mass is 16.3. The number of carbonyl (C=O) groups is 1. The molecule has 4 heteroatoms. The van der Waals surface area contributed by atoms with Gasteiger partial charge in [-0.1, -0.05) is 6.07 Å². The molecule has 1 fully saturated rings. The molecule has 1 aliphatic rings. The standard InChI is InChI=1S/C14H20N2O2/c1-16(10-11-3-2-8-15-9-11)14(18)12-4-6-13(17)7-5-12/h2-3,8-9,12-13,17H,4-7,10H2,1H3. The predicted molar refractivity (Wildman–Crippen MR) is 68.7 cm³/mol. The number of nitrogens with zero attached hydrogens (tertiary/aromatic N) is 2. The topological polar surface area (TPSA) is 53.4 Å². The van der Waals surface area contributed by atoms with Crippen molar-refractivity contribution in [1.82, 2.24) is 9.88 Å². The minimum Gasteiger partial charge on any atom is -0.393 e. The van der Waals surface area contributed by atoms with Crippen molar-refractivity contribution in [1.29, 1.82) is 0 Å². The van der Waals surface area contributed by atoms with Gasteiger partial charge in [0.1, 0.15) is 0 Å². The summed E-state index contributed by atoms with van der Waals surface area (Å²) in [6.45, 7) is 0.603. The summed E-state index contributed by atoms with van der Waals surface area (Å²) in [7, 11) is 1.83. The van der Waals surface area contributed by atoms with E-state index in [9.17, 15) is 9.90 Å². The smallest absolute Gasteiger partial charge is 0.225 e. The number of hydrogen-bond donors (Lipinski definition) is 1. The molecule has 4 nitrogen and oxygen atoms in total. The second-order valence-electron chi connectivity index (χ2n) is 5.06. The number of aromatic nitrogens is 1. The Morgan fingerprint density at radius 3 is 2.78 bits per heavy atom. The Balaban J connectivity index is 1.89. The van der Waals surface area contributed by atoms with Crippen LogP contribution in [0.25, 0.3) is 0 Å². The van der Waals surface area contributed by atoms with E-state index < -0.39 is 0 Å². The first-order valence-electron chi connectivity index (χ1n) is 6.49. The third-order valence-corrected chi connectivity index (χ3v) is 3.56. The summed E-state index contributed by atoms with van der Waals surface area (Å²) in [4.78, 5) is 18.0. The summed E-state index contributed by atoms with van der Waals surface area (Å²) in [6, 6.07) is 3.85. The number of pyridine rings is 1. The van der Waals surface area contributed by atoms with Crippen molar-refractivity contribution in [2.45, 2.75) is 38.3 Å². The van der Waals surface area contributed by atoms with E-state index in [1.807, 2.05) is 19.2 Å². The van der Waals surface area contributed by atoms with Crippen molar-refractivity contribution >= 4 is 5.91 Å². The summed E-state index contributed by atoms with van der Waals surface area (Å²) in [5.41, 5.74) is 1.05. The van der Waals surface area contributed by atoms with Crippen molar-refractivity contribution in [3.8, 4) is 0 Å². The Kier molecular flexibility index (Phi) is 4.31. The Labute approximate surface area is 108 Å². The summed E-state index contributed by atoms with van der Waals surface area (Å²) in [6.07, 6.45) is 6.41. The minimum absolute atomic E-state index is 0.0788. The zero-order valence-electron chi connectivity index (χ0n) is 10.7. The monoisotopic (exact) mass is 248 g/mol. The van der Waals surface area contributed by atoms with Crippen molar-refractivity contribution in [3.05, 3.63) is 30.1 Å². The number of aliphatic hydroxyl groups excluding tert-OH is 1. The molecule has 0 bridgehead atoms. The van der Waals surface area contributed by atoms with Crippen LogP contribution in [0.15, 0.2) is 24.5 Å². The fraction of sp³-hybridized carbons (Fsp3) is 0.571. The van der Waals surface area contributed by atoms with Crippen molar-refractivity contribution in [2.75, 3.05) is 7.05 Å². The third-order valence-electron chi connectivity index (χ3n) is 3.56. The van der Waals surface area contributed by atoms with Gasteiger partial charge in [-0.15, -0.1) is 0 Å². The molecule has 0 saturated heterocycles. The van der Waals surface area contributed by atoms with Crippen LogP contribution in [0, 0.1) is 5.92 Å². The van der Waals surface area contributed by atoms with Gasteiger partial charge in [-0.2, -0.15) is 0 Å². The first kappa shape index (κ1) is 13.0. The van der Waals surface area contributed by atoms with E-state index in [1.165, 1.54) is 0 Å². The zero-order valence-corrected chi connectivity index (χ0v) is 10.7. The van der Waals surface area contributed by atoms with Gasteiger partial charge in [0.2, 0.25) is 5.91 Å². The largest absolute Gasteiger partial charge is 0.393 e. The van der Waals surface area contributed by atoms with Gasteiger partial charge >= 0.3 is 0 Å². The van der Waals surface area contributed by atoms with E-state index in [2.05, 4.69) is 4.98 Å². The molecular weight excluding hydrogens is 228 g/mol. The van der Waals surface area contributed by atoms with Crippen molar-refractivity contribution in [2.24, 2.45) is 5.92 Å². The first-order chi connectivity index (χ1) is 8.66. The summed E-state index contributed by atoms with van der Waals surface area (Å²) >= 11 is 0. The zero-order chi connectivity index (χ0) is 13.0. The fourth-order valence-electron chi connectivity index (χ4n) is 2.48. The van der Waals surface area contributed by atoms with E-state index in [0.29, 0.717) is 6.54 Å². The van der Waals surface area contributed by atoms with Gasteiger partial charge in [0.05, 0.1) is 6.10 Å². The third kappa shape index (κ3) is 3.29. The normalized spacial score (nSPS) is 23.7. The van der Waals surface area contributed by atoms with Gasteiger partial charge in [0, 0.05) is 31.9 Å². The molecule has 0 aliphatic heterocycles. The molecule has 1 heterocycles. The Morgan fingerprint density at radius 2 is 2.17 bits per heavy atom. The molecule has 1 aliphatic carbocycles. The molecule has 1 saturated carbocycles. The Bertz CT molecular complexity index is 386. The van der Waals surface area contributed by atoms with Crippen LogP contribution in [-0.4, -0.2) is 34.0 Å². The molecule has 0 atom stereocenters. The van der Waals surface area contributed by atoms with Crippen LogP contribution >= 0.6 is 0 Å². The van der Waals surface area contributed by atoms with Crippen molar-refractivity contribution in [3.63, 3.8) is 0 Å². The number of carbonyl (C=O) groups excluding carboxylic acids is 1. The summed E-state index contributed by atoms with van der Waals surface area (Å²) < 4.78 is 0. The Morgan fingerprint density at radius 1 is 1.44 bits per heavy atom. The number of rotatable bonds is 3. The van der Waals surface area contributed by atoms with Crippen LogP contribution in [0.3, 0.4) is 0 Å². The maximum Gasteiger partial charge on any atom is 0.225 e. The van der Waals surface area contributed by atoms with E-state index in [-0.39, 0.29) is 17.9 Å². The van der Waals surface area contributed by atoms with E-state index in [4.69, 9.17) is 0 Å². The first-order valence-corrected chi connectivity index (χ1v) is 6.49. The second kappa shape index (κ2) is 5.96. The van der Waals surface area contributed by atoms with Crippen LogP contribution in [-0.2, 0) is 11.3 Å². The van der Waals surface area contributed by atoms with Gasteiger partial charge in [-0.25, -0.2) is 0 Å². The Hall–Kier alpha value is -1.42. The van der Waals surface area contributed by atoms with Crippen molar-refractivity contribution < 1.29 is 9.90 Å². The van der Waals surface area contributed by atoms with Crippen LogP contribution < -0.4 is 0 Å². The SMILES string of the molecule is CN(Cc1cccnc1)C(=O)C1CCC(O)CC1. The molecule has 0 unspecified atom stereocenters. The summed E-state index contributed by atoms with van der Waals surface area (Å²) in [5.74, 6) is 0.265. The summed E-state index contributed by atoms with van der Waals surface area (Å²) in [5, 5.41) is 9.45. The van der Waals surface area contributed by atoms with E-state index in [0.717, 1.165) is 31.2 Å². The molecule has 1 aromatic heterocycles. The van der Waals surface area contributed by atoms with Gasteiger partial charge in [-0.3, -0.25) is 9.78 Å². The lowest BCUT2D eigenvalue weighted by molar-refractivity contribution is -0.136.